The smallest absolute Gasteiger partial charge is 0.275 e. The number of hydrogen-bond acceptors (Lipinski definition) is 5. The lowest BCUT2D eigenvalue weighted by molar-refractivity contribution is 0.0786. The van der Waals surface area contributed by atoms with Crippen LogP contribution in [0.4, 0.5) is 10.1 Å². The summed E-state index contributed by atoms with van der Waals surface area (Å²) in [6.07, 6.45) is 1.55. The lowest BCUT2D eigenvalue weighted by atomic mass is 9.93. The molecule has 2 heterocycles. The number of aryl methyl sites for hydroxylation is 3. The van der Waals surface area contributed by atoms with Gasteiger partial charge in [0.05, 0.1) is 11.0 Å². The fourth-order valence-corrected chi connectivity index (χ4v) is 5.30. The van der Waals surface area contributed by atoms with Crippen LogP contribution < -0.4 is 15.6 Å². The van der Waals surface area contributed by atoms with Gasteiger partial charge < -0.3 is 29.8 Å². The van der Waals surface area contributed by atoms with Gasteiger partial charge in [0.1, 0.15) is 28.5 Å². The average molecular weight is 598 g/mol. The molecular weight excluding hydrogens is 561 g/mol. The van der Waals surface area contributed by atoms with Crippen LogP contribution in [0.3, 0.4) is 0 Å². The number of halogens is 1. The van der Waals surface area contributed by atoms with E-state index in [0.29, 0.717) is 50.9 Å². The highest BCUT2D eigenvalue weighted by Gasteiger charge is 2.26. The van der Waals surface area contributed by atoms with Gasteiger partial charge >= 0.3 is 0 Å². The molecule has 9 heteroatoms. The van der Waals surface area contributed by atoms with Crippen molar-refractivity contribution >= 4 is 22.5 Å². The number of carbonyl (C=O) groups is 1. The maximum absolute atomic E-state index is 14.1. The van der Waals surface area contributed by atoms with Crippen molar-refractivity contribution in [3.8, 4) is 28.4 Å². The molecule has 0 bridgehead atoms. The summed E-state index contributed by atoms with van der Waals surface area (Å²) < 4.78 is 21.8. The number of aromatic hydroxyl groups is 1. The molecule has 3 aromatic carbocycles. The Kier molecular flexibility index (Phi) is 7.86. The number of aromatic amines is 1. The van der Waals surface area contributed by atoms with E-state index in [1.54, 1.807) is 71.3 Å². The first-order valence-electron chi connectivity index (χ1n) is 14.3. The summed E-state index contributed by atoms with van der Waals surface area (Å²) in [4.78, 5) is 29.5. The zero-order valence-corrected chi connectivity index (χ0v) is 25.8. The number of H-pyrrole nitrogens is 1. The number of nitrogens with one attached hydrogen (secondary N) is 2. The third kappa shape index (κ3) is 5.70. The summed E-state index contributed by atoms with van der Waals surface area (Å²) in [7, 11) is 1.56. The van der Waals surface area contributed by atoms with Crippen molar-refractivity contribution < 1.29 is 24.1 Å². The second-order valence-corrected chi connectivity index (χ2v) is 12.0. The molecule has 0 aliphatic carbocycles. The van der Waals surface area contributed by atoms with E-state index in [9.17, 15) is 24.2 Å². The lowest BCUT2D eigenvalue weighted by Crippen LogP contribution is -2.18. The Morgan fingerprint density at radius 1 is 1.02 bits per heavy atom. The van der Waals surface area contributed by atoms with Crippen molar-refractivity contribution in [2.45, 2.75) is 53.1 Å². The number of aliphatic hydroxyl groups is 1. The zero-order chi connectivity index (χ0) is 32.1. The number of ether oxygens (including phenoxy) is 1. The highest BCUT2D eigenvalue weighted by atomic mass is 19.1. The number of fused-ring (bicyclic) bond motifs is 1. The monoisotopic (exact) mass is 597 g/mol. The predicted octanol–water partition coefficient (Wildman–Crippen LogP) is 7.39. The normalized spacial score (nSPS) is 11.8. The molecule has 0 unspecified atom stereocenters. The van der Waals surface area contributed by atoms with Crippen LogP contribution in [0.2, 0.25) is 0 Å². The maximum Gasteiger partial charge on any atom is 0.275 e. The molecule has 0 aliphatic rings. The van der Waals surface area contributed by atoms with E-state index in [1.807, 2.05) is 12.1 Å². The lowest BCUT2D eigenvalue weighted by Gasteiger charge is -2.22. The third-order valence-corrected chi connectivity index (χ3v) is 7.78. The van der Waals surface area contributed by atoms with E-state index in [4.69, 9.17) is 4.74 Å². The van der Waals surface area contributed by atoms with E-state index in [-0.39, 0.29) is 22.4 Å². The number of amides is 1. The fraction of sp³-hybridized carbons (Fsp3) is 0.257. The number of anilines is 1. The summed E-state index contributed by atoms with van der Waals surface area (Å²) in [5.41, 5.74) is 2.34. The van der Waals surface area contributed by atoms with Gasteiger partial charge in [0.25, 0.3) is 11.5 Å². The van der Waals surface area contributed by atoms with Crippen LogP contribution in [0.5, 0.6) is 17.2 Å². The fourth-order valence-electron chi connectivity index (χ4n) is 5.30. The van der Waals surface area contributed by atoms with Gasteiger partial charge in [-0.3, -0.25) is 9.59 Å². The van der Waals surface area contributed by atoms with E-state index in [2.05, 4.69) is 24.1 Å². The summed E-state index contributed by atoms with van der Waals surface area (Å²) in [6, 6.07) is 15.2. The molecular formula is C35H36FN3O5. The van der Waals surface area contributed by atoms with Crippen LogP contribution >= 0.6 is 0 Å². The minimum atomic E-state index is -1.23. The van der Waals surface area contributed by atoms with Crippen LogP contribution in [0.25, 0.3) is 22.0 Å². The Bertz CT molecular complexity index is 1940. The van der Waals surface area contributed by atoms with Gasteiger partial charge in [-0.05, 0) is 92.3 Å². The van der Waals surface area contributed by atoms with Gasteiger partial charge in [0.2, 0.25) is 0 Å². The number of nitrogens with zero attached hydrogens (tertiary/aromatic N) is 1. The maximum atomic E-state index is 14.1. The van der Waals surface area contributed by atoms with Crippen molar-refractivity contribution in [2.24, 2.45) is 7.05 Å². The molecule has 228 valence electrons. The van der Waals surface area contributed by atoms with Crippen molar-refractivity contribution in [1.29, 1.82) is 0 Å². The minimum absolute atomic E-state index is 0.0246. The third-order valence-electron chi connectivity index (χ3n) is 7.78. The van der Waals surface area contributed by atoms with Gasteiger partial charge in [-0.1, -0.05) is 32.0 Å². The molecule has 0 spiro atoms. The second kappa shape index (κ2) is 11.3. The molecule has 44 heavy (non-hydrogen) atoms. The number of hydrogen-bond donors (Lipinski definition) is 4. The first-order valence-corrected chi connectivity index (χ1v) is 14.3. The van der Waals surface area contributed by atoms with Crippen LogP contribution in [0, 0.1) is 19.7 Å². The van der Waals surface area contributed by atoms with Gasteiger partial charge in [-0.25, -0.2) is 4.39 Å². The molecule has 1 amide bonds. The second-order valence-electron chi connectivity index (χ2n) is 12.0. The molecule has 0 saturated carbocycles. The van der Waals surface area contributed by atoms with Crippen LogP contribution in [-0.2, 0) is 12.6 Å². The Hall–Kier alpha value is -4.89. The number of pyridine rings is 1. The molecule has 0 saturated heterocycles. The molecule has 0 aliphatic heterocycles. The molecule has 5 rings (SSSR count). The Morgan fingerprint density at radius 2 is 1.66 bits per heavy atom. The summed E-state index contributed by atoms with van der Waals surface area (Å²) in [6.45, 7) is 10.9. The highest BCUT2D eigenvalue weighted by Crippen LogP contribution is 2.43. The van der Waals surface area contributed by atoms with Gasteiger partial charge in [0.15, 0.2) is 5.75 Å². The first-order chi connectivity index (χ1) is 20.6. The molecule has 8 nitrogen and oxygen atoms in total. The number of carbonyl (C=O) groups excluding carboxylic acids is 1. The predicted molar refractivity (Wildman–Crippen MR) is 170 cm³/mol. The average Bonchev–Trinajstić information content (AvgIpc) is 3.30. The summed E-state index contributed by atoms with van der Waals surface area (Å²) in [5.74, 6) is -0.296. The molecule has 2 aromatic heterocycles. The Labute approximate surface area is 254 Å². The van der Waals surface area contributed by atoms with Crippen LogP contribution in [0.15, 0.2) is 65.6 Å². The van der Waals surface area contributed by atoms with Crippen molar-refractivity contribution in [3.05, 3.63) is 105 Å². The van der Waals surface area contributed by atoms with E-state index in [1.165, 1.54) is 16.7 Å². The zero-order valence-electron chi connectivity index (χ0n) is 25.8. The highest BCUT2D eigenvalue weighted by molar-refractivity contribution is 6.12. The van der Waals surface area contributed by atoms with E-state index < -0.39 is 22.8 Å². The Balaban J connectivity index is 1.69. The van der Waals surface area contributed by atoms with Crippen LogP contribution in [-0.4, -0.2) is 25.7 Å². The summed E-state index contributed by atoms with van der Waals surface area (Å²) in [5, 5.41) is 25.2. The largest absolute Gasteiger partial charge is 0.505 e. The number of aromatic nitrogens is 2. The van der Waals surface area contributed by atoms with Crippen LogP contribution in [0.1, 0.15) is 66.4 Å². The first kappa shape index (κ1) is 30.6. The molecule has 4 N–H and O–H groups in total. The minimum Gasteiger partial charge on any atom is -0.505 e. The SMILES string of the molecule is Cc1cc(F)cc(C)c1Oc1ccc(C(C)(C)O)cc1-c1cn(C)c(=O)c2[nH]c(C(=O)Nc3ccc(C(C)C)cc3)c(O)c12. The quantitative estimate of drug-likeness (QED) is 0.156. The molecule has 0 atom stereocenters. The van der Waals surface area contributed by atoms with Gasteiger partial charge in [-0.15, -0.1) is 0 Å². The standard InChI is InChI=1S/C35H36FN3O5/c1-18(2)21-8-11-24(12-9-21)37-33(41)30-31(40)28-26(17-39(7)34(42)29(28)38-30)25-16-22(35(5,6)43)10-13-27(25)44-32-19(3)14-23(36)15-20(32)4/h8-18,38,40,43H,1-7H3,(H,37,41). The van der Waals surface area contributed by atoms with Gasteiger partial charge in [-0.2, -0.15) is 0 Å². The van der Waals surface area contributed by atoms with E-state index >= 15 is 0 Å². The molecule has 5 aromatic rings. The van der Waals surface area contributed by atoms with Gasteiger partial charge in [0, 0.05) is 30.1 Å². The molecule has 0 fully saturated rings. The number of rotatable bonds is 7. The van der Waals surface area contributed by atoms with Crippen molar-refractivity contribution in [2.75, 3.05) is 5.32 Å². The van der Waals surface area contributed by atoms with Crippen molar-refractivity contribution in [1.82, 2.24) is 9.55 Å². The Morgan fingerprint density at radius 3 is 2.25 bits per heavy atom. The van der Waals surface area contributed by atoms with E-state index in [0.717, 1.165) is 5.56 Å². The summed E-state index contributed by atoms with van der Waals surface area (Å²) >= 11 is 0. The molecule has 0 radical (unpaired) electrons. The topological polar surface area (TPSA) is 117 Å². The number of benzene rings is 3. The van der Waals surface area contributed by atoms with Crippen molar-refractivity contribution in [3.63, 3.8) is 0 Å².